The van der Waals surface area contributed by atoms with Crippen LogP contribution in [0.5, 0.6) is 5.75 Å². The third kappa shape index (κ3) is 7.30. The summed E-state index contributed by atoms with van der Waals surface area (Å²) in [5.74, 6) is 2.30. The Kier molecular flexibility index (Phi) is 9.70. The van der Waals surface area contributed by atoms with Gasteiger partial charge >= 0.3 is 0 Å². The van der Waals surface area contributed by atoms with Gasteiger partial charge < -0.3 is 15.4 Å². The van der Waals surface area contributed by atoms with Gasteiger partial charge in [0.15, 0.2) is 15.8 Å². The van der Waals surface area contributed by atoms with E-state index in [1.807, 2.05) is 32.9 Å². The molecule has 0 bridgehead atoms. The quantitative estimate of drug-likeness (QED) is 0.345. The van der Waals surface area contributed by atoms with Crippen LogP contribution in [0.4, 0.5) is 0 Å². The fourth-order valence-electron chi connectivity index (χ4n) is 2.86. The van der Waals surface area contributed by atoms with Crippen molar-refractivity contribution in [2.24, 2.45) is 10.9 Å². The first-order valence-electron chi connectivity index (χ1n) is 8.88. The van der Waals surface area contributed by atoms with Gasteiger partial charge in [-0.1, -0.05) is 12.1 Å². The van der Waals surface area contributed by atoms with E-state index in [0.29, 0.717) is 31.4 Å². The highest BCUT2D eigenvalue weighted by molar-refractivity contribution is 14.0. The second kappa shape index (κ2) is 11.0. The second-order valence-electron chi connectivity index (χ2n) is 6.39. The lowest BCUT2D eigenvalue weighted by Crippen LogP contribution is -2.40. The maximum absolute atomic E-state index is 11.6. The minimum Gasteiger partial charge on any atom is -0.494 e. The third-order valence-corrected chi connectivity index (χ3v) is 6.00. The topological polar surface area (TPSA) is 79.8 Å². The van der Waals surface area contributed by atoms with Gasteiger partial charge in [-0.25, -0.2) is 13.4 Å². The molecule has 1 aromatic rings. The molecular weight excluding hydrogens is 465 g/mol. The first-order chi connectivity index (χ1) is 11.9. The molecule has 0 amide bonds. The second-order valence-corrected chi connectivity index (χ2v) is 8.62. The fourth-order valence-corrected chi connectivity index (χ4v) is 4.72. The number of hydrogen-bond acceptors (Lipinski definition) is 4. The Balaban J connectivity index is 0.00000338. The molecule has 1 fully saturated rings. The number of aliphatic imine (C=N–C) groups is 1. The zero-order chi connectivity index (χ0) is 18.3. The van der Waals surface area contributed by atoms with Crippen LogP contribution < -0.4 is 15.4 Å². The van der Waals surface area contributed by atoms with E-state index in [9.17, 15) is 8.42 Å². The van der Waals surface area contributed by atoms with Crippen LogP contribution in [-0.2, 0) is 16.4 Å². The highest BCUT2D eigenvalue weighted by Gasteiger charge is 2.27. The Morgan fingerprint density at radius 1 is 1.31 bits per heavy atom. The van der Waals surface area contributed by atoms with Crippen molar-refractivity contribution in [3.8, 4) is 5.75 Å². The monoisotopic (exact) mass is 495 g/mol. The molecule has 0 spiro atoms. The van der Waals surface area contributed by atoms with Gasteiger partial charge in [0.1, 0.15) is 5.75 Å². The van der Waals surface area contributed by atoms with Crippen LogP contribution in [0, 0.1) is 12.8 Å². The number of nitrogens with one attached hydrogen (secondary N) is 2. The number of ether oxygens (including phenoxy) is 1. The predicted molar refractivity (Wildman–Crippen MR) is 117 cm³/mol. The van der Waals surface area contributed by atoms with Crippen LogP contribution in [0.2, 0.25) is 0 Å². The molecule has 1 heterocycles. The van der Waals surface area contributed by atoms with Crippen molar-refractivity contribution in [3.63, 3.8) is 0 Å². The van der Waals surface area contributed by atoms with Crippen LogP contribution in [-0.4, -0.2) is 45.6 Å². The molecule has 0 radical (unpaired) electrons. The summed E-state index contributed by atoms with van der Waals surface area (Å²) < 4.78 is 28.8. The molecule has 1 aliphatic heterocycles. The molecule has 0 aromatic heterocycles. The summed E-state index contributed by atoms with van der Waals surface area (Å²) in [5, 5.41) is 6.48. The van der Waals surface area contributed by atoms with Crippen LogP contribution in [0.25, 0.3) is 0 Å². The van der Waals surface area contributed by atoms with Crippen LogP contribution >= 0.6 is 24.0 Å². The van der Waals surface area contributed by atoms with Gasteiger partial charge in [-0.3, -0.25) is 0 Å². The number of hydrogen-bond donors (Lipinski definition) is 2. The molecule has 8 heteroatoms. The first kappa shape index (κ1) is 23.0. The van der Waals surface area contributed by atoms with E-state index in [0.717, 1.165) is 29.8 Å². The lowest BCUT2D eigenvalue weighted by Gasteiger charge is -2.15. The maximum atomic E-state index is 11.6. The molecule has 148 valence electrons. The molecule has 2 N–H and O–H groups in total. The molecule has 0 aliphatic carbocycles. The lowest BCUT2D eigenvalue weighted by atomic mass is 10.1. The van der Waals surface area contributed by atoms with Crippen molar-refractivity contribution in [2.45, 2.75) is 33.7 Å². The van der Waals surface area contributed by atoms with E-state index in [1.165, 1.54) is 0 Å². The van der Waals surface area contributed by atoms with Crippen molar-refractivity contribution in [1.82, 2.24) is 10.6 Å². The molecule has 0 saturated carbocycles. The number of rotatable bonds is 7. The first-order valence-corrected chi connectivity index (χ1v) is 10.7. The highest BCUT2D eigenvalue weighted by Crippen LogP contribution is 2.21. The summed E-state index contributed by atoms with van der Waals surface area (Å²) in [4.78, 5) is 4.62. The van der Waals surface area contributed by atoms with Crippen molar-refractivity contribution in [3.05, 3.63) is 29.3 Å². The summed E-state index contributed by atoms with van der Waals surface area (Å²) in [7, 11) is -2.84. The van der Waals surface area contributed by atoms with Gasteiger partial charge in [0.2, 0.25) is 0 Å². The Labute approximate surface area is 174 Å². The van der Waals surface area contributed by atoms with Crippen LogP contribution in [0.1, 0.15) is 31.4 Å². The van der Waals surface area contributed by atoms with Crippen LogP contribution in [0.3, 0.4) is 0 Å². The van der Waals surface area contributed by atoms with E-state index in [-0.39, 0.29) is 35.6 Å². The van der Waals surface area contributed by atoms with Crippen molar-refractivity contribution in [1.29, 1.82) is 0 Å². The van der Waals surface area contributed by atoms with E-state index in [4.69, 9.17) is 4.74 Å². The zero-order valence-electron chi connectivity index (χ0n) is 15.7. The van der Waals surface area contributed by atoms with Gasteiger partial charge in [0, 0.05) is 18.7 Å². The zero-order valence-corrected chi connectivity index (χ0v) is 18.9. The number of halogens is 1. The predicted octanol–water partition coefficient (Wildman–Crippen LogP) is 2.50. The lowest BCUT2D eigenvalue weighted by molar-refractivity contribution is 0.336. The standard InChI is InChI=1S/C18H29N3O3S.HI/c1-4-19-18(20-11-15-8-9-25(22,23)13-15)21-12-16-7-6-14(3)10-17(16)24-5-2;/h6-7,10,15H,4-5,8-9,11-13H2,1-3H3,(H2,19,20,21);1H. The molecule has 2 rings (SSSR count). The van der Waals surface area contributed by atoms with Gasteiger partial charge in [-0.2, -0.15) is 0 Å². The minimum absolute atomic E-state index is 0. The van der Waals surface area contributed by atoms with Crippen molar-refractivity contribution in [2.75, 3.05) is 31.2 Å². The maximum Gasteiger partial charge on any atom is 0.191 e. The normalized spacial score (nSPS) is 18.9. The van der Waals surface area contributed by atoms with Crippen LogP contribution in [0.15, 0.2) is 23.2 Å². The molecule has 1 unspecified atom stereocenters. The molecule has 26 heavy (non-hydrogen) atoms. The van der Waals surface area contributed by atoms with Gasteiger partial charge in [-0.15, -0.1) is 24.0 Å². The summed E-state index contributed by atoms with van der Waals surface area (Å²) in [6.45, 7) is 8.52. The highest BCUT2D eigenvalue weighted by atomic mass is 127. The average molecular weight is 495 g/mol. The fraction of sp³-hybridized carbons (Fsp3) is 0.611. The Morgan fingerprint density at radius 3 is 2.69 bits per heavy atom. The van der Waals surface area contributed by atoms with Gasteiger partial charge in [0.05, 0.1) is 24.7 Å². The molecule has 1 saturated heterocycles. The van der Waals surface area contributed by atoms with Gasteiger partial charge in [0.25, 0.3) is 0 Å². The van der Waals surface area contributed by atoms with E-state index in [1.54, 1.807) is 0 Å². The Bertz CT molecular complexity index is 708. The van der Waals surface area contributed by atoms with E-state index < -0.39 is 9.84 Å². The number of aryl methyl sites for hydroxylation is 1. The smallest absolute Gasteiger partial charge is 0.191 e. The average Bonchev–Trinajstić information content (AvgIpc) is 2.91. The van der Waals surface area contributed by atoms with E-state index in [2.05, 4.69) is 21.7 Å². The summed E-state index contributed by atoms with van der Waals surface area (Å²) in [6, 6.07) is 6.12. The van der Waals surface area contributed by atoms with Crippen molar-refractivity contribution >= 4 is 39.8 Å². The summed E-state index contributed by atoms with van der Waals surface area (Å²) in [5.41, 5.74) is 2.19. The number of sulfone groups is 1. The summed E-state index contributed by atoms with van der Waals surface area (Å²) in [6.07, 6.45) is 0.723. The Hall–Kier alpha value is -1.03. The largest absolute Gasteiger partial charge is 0.494 e. The Morgan fingerprint density at radius 2 is 2.08 bits per heavy atom. The third-order valence-electron chi connectivity index (χ3n) is 4.16. The van der Waals surface area contributed by atoms with Crippen molar-refractivity contribution < 1.29 is 13.2 Å². The molecule has 1 aromatic carbocycles. The number of guanidine groups is 1. The molecule has 6 nitrogen and oxygen atoms in total. The van der Waals surface area contributed by atoms with E-state index >= 15 is 0 Å². The molecular formula is C18H30IN3O3S. The number of benzene rings is 1. The molecule has 1 atom stereocenters. The number of nitrogens with zero attached hydrogens (tertiary/aromatic N) is 1. The molecule has 1 aliphatic rings. The SMILES string of the molecule is CCNC(=NCc1ccc(C)cc1OCC)NCC1CCS(=O)(=O)C1.I. The minimum atomic E-state index is -2.84. The summed E-state index contributed by atoms with van der Waals surface area (Å²) >= 11 is 0. The van der Waals surface area contributed by atoms with Gasteiger partial charge in [-0.05, 0) is 44.7 Å².